The van der Waals surface area contributed by atoms with Gasteiger partial charge < -0.3 is 10.6 Å². The van der Waals surface area contributed by atoms with Crippen molar-refractivity contribution in [2.24, 2.45) is 0 Å². The first-order valence-electron chi connectivity index (χ1n) is 5.86. The first-order chi connectivity index (χ1) is 9.52. The summed E-state index contributed by atoms with van der Waals surface area (Å²) in [6, 6.07) is 13.6. The van der Waals surface area contributed by atoms with Gasteiger partial charge in [0, 0.05) is 18.3 Å². The summed E-state index contributed by atoms with van der Waals surface area (Å²) < 4.78 is 0. The summed E-state index contributed by atoms with van der Waals surface area (Å²) >= 11 is 5.84. The number of benzene rings is 2. The van der Waals surface area contributed by atoms with Gasteiger partial charge in [0.1, 0.15) is 0 Å². The maximum absolute atomic E-state index is 12.4. The van der Waals surface area contributed by atoms with Gasteiger partial charge in [-0.3, -0.25) is 4.79 Å². The number of carbonyl (C=O) groups excluding carboxylic acids is 1. The Kier molecular flexibility index (Phi) is 3.92. The number of hydrogen-bond donors (Lipinski definition) is 1. The lowest BCUT2D eigenvalue weighted by Crippen LogP contribution is -2.26. The van der Waals surface area contributed by atoms with Crippen LogP contribution in [0.25, 0.3) is 0 Å². The molecule has 0 aliphatic heterocycles. The molecule has 0 atom stereocenters. The number of nitriles is 1. The molecule has 20 heavy (non-hydrogen) atoms. The van der Waals surface area contributed by atoms with Gasteiger partial charge >= 0.3 is 0 Å². The van der Waals surface area contributed by atoms with E-state index in [0.717, 1.165) is 0 Å². The number of nitrogens with zero attached hydrogens (tertiary/aromatic N) is 2. The predicted octanol–water partition coefficient (Wildman–Crippen LogP) is 3.07. The molecule has 0 saturated carbocycles. The molecule has 0 spiro atoms. The lowest BCUT2D eigenvalue weighted by molar-refractivity contribution is 0.0993. The fourth-order valence-corrected chi connectivity index (χ4v) is 1.89. The minimum atomic E-state index is -0.219. The smallest absolute Gasteiger partial charge is 0.258 e. The number of hydrogen-bond acceptors (Lipinski definition) is 3. The predicted molar refractivity (Wildman–Crippen MR) is 79.8 cm³/mol. The summed E-state index contributed by atoms with van der Waals surface area (Å²) in [6.45, 7) is 0. The van der Waals surface area contributed by atoms with Crippen LogP contribution < -0.4 is 10.6 Å². The van der Waals surface area contributed by atoms with Crippen molar-refractivity contribution < 1.29 is 4.79 Å². The van der Waals surface area contributed by atoms with Crippen LogP contribution in [0.2, 0.25) is 5.02 Å². The Morgan fingerprint density at radius 2 is 2.05 bits per heavy atom. The number of nitrogens with two attached hydrogens (primary N) is 1. The van der Waals surface area contributed by atoms with Gasteiger partial charge in [-0.25, -0.2) is 0 Å². The van der Waals surface area contributed by atoms with E-state index in [1.54, 1.807) is 43.4 Å². The average molecular weight is 286 g/mol. The Labute approximate surface area is 122 Å². The van der Waals surface area contributed by atoms with Gasteiger partial charge in [0.2, 0.25) is 0 Å². The number of nitrogen functional groups attached to an aromatic ring is 1. The SMILES string of the molecule is CN(C(=O)c1ccc(Cl)c(N)c1)c1cccc(C#N)c1. The first kappa shape index (κ1) is 13.9. The summed E-state index contributed by atoms with van der Waals surface area (Å²) in [5, 5.41) is 9.29. The minimum Gasteiger partial charge on any atom is -0.398 e. The van der Waals surface area contributed by atoms with Crippen molar-refractivity contribution >= 4 is 28.9 Å². The molecule has 0 bridgehead atoms. The average Bonchev–Trinajstić information content (AvgIpc) is 2.48. The summed E-state index contributed by atoms with van der Waals surface area (Å²) in [5.41, 5.74) is 7.64. The van der Waals surface area contributed by atoms with Crippen LogP contribution in [0.15, 0.2) is 42.5 Å². The van der Waals surface area contributed by atoms with Gasteiger partial charge in [0.05, 0.1) is 22.3 Å². The fraction of sp³-hybridized carbons (Fsp3) is 0.0667. The molecule has 0 aliphatic carbocycles. The highest BCUT2D eigenvalue weighted by Gasteiger charge is 2.14. The highest BCUT2D eigenvalue weighted by molar-refractivity contribution is 6.33. The van der Waals surface area contributed by atoms with E-state index in [-0.39, 0.29) is 5.91 Å². The molecular weight excluding hydrogens is 274 g/mol. The Hall–Kier alpha value is -2.51. The number of amides is 1. The molecule has 2 rings (SSSR count). The molecule has 2 aromatic rings. The topological polar surface area (TPSA) is 70.1 Å². The quantitative estimate of drug-likeness (QED) is 0.862. The second kappa shape index (κ2) is 5.64. The third-order valence-corrected chi connectivity index (χ3v) is 3.25. The maximum Gasteiger partial charge on any atom is 0.258 e. The largest absolute Gasteiger partial charge is 0.398 e. The molecule has 0 radical (unpaired) electrons. The van der Waals surface area contributed by atoms with Crippen LogP contribution in [-0.4, -0.2) is 13.0 Å². The highest BCUT2D eigenvalue weighted by Crippen LogP contribution is 2.22. The van der Waals surface area contributed by atoms with Crippen molar-refractivity contribution in [3.63, 3.8) is 0 Å². The van der Waals surface area contributed by atoms with Gasteiger partial charge in [-0.2, -0.15) is 5.26 Å². The molecule has 0 heterocycles. The normalized spacial score (nSPS) is 9.85. The lowest BCUT2D eigenvalue weighted by atomic mass is 10.1. The van der Waals surface area contributed by atoms with E-state index in [9.17, 15) is 4.79 Å². The van der Waals surface area contributed by atoms with Gasteiger partial charge in [-0.05, 0) is 36.4 Å². The van der Waals surface area contributed by atoms with Crippen molar-refractivity contribution in [1.82, 2.24) is 0 Å². The summed E-state index contributed by atoms with van der Waals surface area (Å²) in [7, 11) is 1.64. The Morgan fingerprint density at radius 3 is 2.70 bits per heavy atom. The van der Waals surface area contributed by atoms with Crippen LogP contribution in [0.4, 0.5) is 11.4 Å². The first-order valence-corrected chi connectivity index (χ1v) is 6.24. The van der Waals surface area contributed by atoms with Crippen molar-refractivity contribution in [2.45, 2.75) is 0 Å². The highest BCUT2D eigenvalue weighted by atomic mass is 35.5. The van der Waals surface area contributed by atoms with E-state index < -0.39 is 0 Å². The third kappa shape index (κ3) is 2.73. The fourth-order valence-electron chi connectivity index (χ4n) is 1.77. The Bertz CT molecular complexity index is 707. The molecule has 5 heteroatoms. The monoisotopic (exact) mass is 285 g/mol. The van der Waals surface area contributed by atoms with Gasteiger partial charge in [0.15, 0.2) is 0 Å². The molecule has 2 N–H and O–H groups in total. The van der Waals surface area contributed by atoms with Gasteiger partial charge in [0.25, 0.3) is 5.91 Å². The van der Waals surface area contributed by atoms with E-state index in [1.807, 2.05) is 6.07 Å². The molecule has 0 fully saturated rings. The second-order valence-electron chi connectivity index (χ2n) is 4.26. The number of rotatable bonds is 2. The number of carbonyl (C=O) groups is 1. The lowest BCUT2D eigenvalue weighted by Gasteiger charge is -2.18. The summed E-state index contributed by atoms with van der Waals surface area (Å²) in [4.78, 5) is 13.8. The second-order valence-corrected chi connectivity index (χ2v) is 4.67. The number of halogens is 1. The molecule has 1 amide bonds. The summed E-state index contributed by atoms with van der Waals surface area (Å²) in [5.74, 6) is -0.219. The van der Waals surface area contributed by atoms with E-state index in [0.29, 0.717) is 27.5 Å². The van der Waals surface area contributed by atoms with Gasteiger partial charge in [-0.1, -0.05) is 17.7 Å². The van der Waals surface area contributed by atoms with Crippen molar-refractivity contribution in [2.75, 3.05) is 17.7 Å². The van der Waals surface area contributed by atoms with Crippen molar-refractivity contribution in [3.8, 4) is 6.07 Å². The van der Waals surface area contributed by atoms with Crippen molar-refractivity contribution in [3.05, 3.63) is 58.6 Å². The standard InChI is InChI=1S/C15H12ClN3O/c1-19(12-4-2-3-10(7-12)9-17)15(20)11-5-6-13(16)14(18)8-11/h2-8H,18H2,1H3. The molecule has 0 aliphatic rings. The van der Waals surface area contributed by atoms with Crippen LogP contribution in [0, 0.1) is 11.3 Å². The van der Waals surface area contributed by atoms with Crippen LogP contribution in [0.3, 0.4) is 0 Å². The van der Waals surface area contributed by atoms with E-state index in [1.165, 1.54) is 11.0 Å². The zero-order valence-corrected chi connectivity index (χ0v) is 11.6. The van der Waals surface area contributed by atoms with Crippen LogP contribution in [-0.2, 0) is 0 Å². The minimum absolute atomic E-state index is 0.219. The van der Waals surface area contributed by atoms with E-state index in [4.69, 9.17) is 22.6 Å². The molecule has 2 aromatic carbocycles. The van der Waals surface area contributed by atoms with Crippen molar-refractivity contribution in [1.29, 1.82) is 5.26 Å². The van der Waals surface area contributed by atoms with E-state index >= 15 is 0 Å². The molecule has 0 saturated heterocycles. The van der Waals surface area contributed by atoms with Crippen LogP contribution in [0.1, 0.15) is 15.9 Å². The zero-order valence-electron chi connectivity index (χ0n) is 10.8. The summed E-state index contributed by atoms with van der Waals surface area (Å²) in [6.07, 6.45) is 0. The third-order valence-electron chi connectivity index (χ3n) is 2.91. The molecule has 100 valence electrons. The molecule has 4 nitrogen and oxygen atoms in total. The zero-order chi connectivity index (χ0) is 14.7. The Morgan fingerprint density at radius 1 is 1.30 bits per heavy atom. The van der Waals surface area contributed by atoms with Crippen LogP contribution in [0.5, 0.6) is 0 Å². The molecular formula is C15H12ClN3O. The molecule has 0 aromatic heterocycles. The number of anilines is 2. The Balaban J connectivity index is 2.32. The van der Waals surface area contributed by atoms with E-state index in [2.05, 4.69) is 0 Å². The van der Waals surface area contributed by atoms with Crippen LogP contribution >= 0.6 is 11.6 Å². The maximum atomic E-state index is 12.4. The molecule has 0 unspecified atom stereocenters. The van der Waals surface area contributed by atoms with Gasteiger partial charge in [-0.15, -0.1) is 0 Å².